The highest BCUT2D eigenvalue weighted by Gasteiger charge is 2.77. The van der Waals surface area contributed by atoms with E-state index in [1.54, 1.807) is 0 Å². The van der Waals surface area contributed by atoms with Crippen molar-refractivity contribution < 1.29 is 46.0 Å². The molecule has 0 spiro atoms. The first-order valence-electron chi connectivity index (χ1n) is 5.19. The van der Waals surface area contributed by atoms with Crippen molar-refractivity contribution in [3.8, 4) is 0 Å². The second kappa shape index (κ2) is 6.25. The highest BCUT2D eigenvalue weighted by Crippen LogP contribution is 2.49. The molecule has 0 saturated carbocycles. The molecule has 0 aliphatic heterocycles. The summed E-state index contributed by atoms with van der Waals surface area (Å²) >= 11 is 0. The Balaban J connectivity index is 5.32. The predicted molar refractivity (Wildman–Crippen MR) is 50.1 cm³/mol. The molecule has 116 valence electrons. The van der Waals surface area contributed by atoms with E-state index in [-0.39, 0.29) is 0 Å². The Morgan fingerprint density at radius 2 is 1.05 bits per heavy atom. The van der Waals surface area contributed by atoms with E-state index < -0.39 is 43.6 Å². The van der Waals surface area contributed by atoms with Gasteiger partial charge in [-0.3, -0.25) is 0 Å². The second-order valence-corrected chi connectivity index (χ2v) is 3.44. The Morgan fingerprint density at radius 3 is 1.26 bits per heavy atom. The third kappa shape index (κ3) is 3.30. The summed E-state index contributed by atoms with van der Waals surface area (Å²) in [7, 11) is 0. The number of aliphatic hydroxyl groups excluding tert-OH is 2. The van der Waals surface area contributed by atoms with Gasteiger partial charge in [0.15, 0.2) is 0 Å². The molecule has 0 aromatic carbocycles. The summed E-state index contributed by atoms with van der Waals surface area (Å²) in [5.41, 5.74) is 0. The summed E-state index contributed by atoms with van der Waals surface area (Å²) in [6, 6.07) is 0. The fourth-order valence-electron chi connectivity index (χ4n) is 1.06. The number of rotatable bonds is 8. The summed E-state index contributed by atoms with van der Waals surface area (Å²) in [5, 5.41) is 17.4. The van der Waals surface area contributed by atoms with Crippen molar-refractivity contribution in [2.45, 2.75) is 44.2 Å². The van der Waals surface area contributed by atoms with E-state index in [1.165, 1.54) is 0 Å². The molecule has 0 heterocycles. The van der Waals surface area contributed by atoms with Gasteiger partial charge in [-0.1, -0.05) is 0 Å². The topological polar surface area (TPSA) is 58.9 Å². The maximum atomic E-state index is 13.1. The lowest BCUT2D eigenvalue weighted by atomic mass is 10.0. The summed E-state index contributed by atoms with van der Waals surface area (Å²) in [6.07, 6.45) is -6.90. The average Bonchev–Trinajstić information content (AvgIpc) is 2.28. The Labute approximate surface area is 104 Å². The normalized spacial score (nSPS) is 17.4. The number of halogens is 6. The zero-order chi connectivity index (χ0) is 15.5. The summed E-state index contributed by atoms with van der Waals surface area (Å²) in [4.78, 5) is 0. The molecule has 0 aliphatic rings. The maximum Gasteiger partial charge on any atom is 0.382 e. The fraction of sp³-hybridized carbons (Fsp3) is 1.00. The molecule has 0 aromatic heterocycles. The van der Waals surface area contributed by atoms with Crippen molar-refractivity contribution in [2.24, 2.45) is 0 Å². The lowest BCUT2D eigenvalue weighted by molar-refractivity contribution is -0.400. The van der Waals surface area contributed by atoms with E-state index in [2.05, 4.69) is 9.47 Å². The molecule has 0 rings (SSSR count). The molecule has 10 heteroatoms. The molecule has 4 nitrogen and oxygen atoms in total. The van der Waals surface area contributed by atoms with E-state index in [9.17, 15) is 26.3 Å². The van der Waals surface area contributed by atoms with Crippen LogP contribution >= 0.6 is 0 Å². The number of hydrogen-bond acceptors (Lipinski definition) is 4. The first-order valence-corrected chi connectivity index (χ1v) is 5.19. The van der Waals surface area contributed by atoms with Crippen LogP contribution in [0.15, 0.2) is 0 Å². The second-order valence-electron chi connectivity index (χ2n) is 3.44. The van der Waals surface area contributed by atoms with Crippen molar-refractivity contribution >= 4 is 0 Å². The molecule has 2 atom stereocenters. The minimum Gasteiger partial charge on any atom is -0.363 e. The zero-order valence-electron chi connectivity index (χ0n) is 10.0. The molecular formula is C9H14F6O4. The van der Waals surface area contributed by atoms with Gasteiger partial charge in [-0.25, -0.2) is 0 Å². The zero-order valence-corrected chi connectivity index (χ0v) is 10.0. The molecule has 0 bridgehead atoms. The van der Waals surface area contributed by atoms with Crippen LogP contribution < -0.4 is 0 Å². The van der Waals surface area contributed by atoms with Gasteiger partial charge in [-0.15, -0.1) is 0 Å². The Morgan fingerprint density at radius 1 is 0.789 bits per heavy atom. The molecule has 0 radical (unpaired) electrons. The van der Waals surface area contributed by atoms with E-state index in [0.717, 1.165) is 13.8 Å². The number of alkyl halides is 6. The smallest absolute Gasteiger partial charge is 0.363 e. The van der Waals surface area contributed by atoms with Gasteiger partial charge in [0, 0.05) is 13.2 Å². The van der Waals surface area contributed by atoms with Crippen LogP contribution in [0.4, 0.5) is 26.3 Å². The van der Waals surface area contributed by atoms with Crippen LogP contribution in [0.2, 0.25) is 0 Å². The SMILES string of the molecule is CCOC(O)C(F)(F)C(F)(F)C(F)(F)C(O)OCC. The van der Waals surface area contributed by atoms with Gasteiger partial charge in [0.25, 0.3) is 0 Å². The minimum absolute atomic E-state index is 0.605. The van der Waals surface area contributed by atoms with Crippen LogP contribution in [0, 0.1) is 0 Å². The molecule has 0 fully saturated rings. The van der Waals surface area contributed by atoms with Crippen LogP contribution in [-0.4, -0.2) is 53.8 Å². The van der Waals surface area contributed by atoms with Crippen LogP contribution in [0.1, 0.15) is 13.8 Å². The third-order valence-electron chi connectivity index (χ3n) is 2.11. The molecule has 2 unspecified atom stereocenters. The molecule has 0 amide bonds. The van der Waals surface area contributed by atoms with Gasteiger partial charge in [0.1, 0.15) is 0 Å². The monoisotopic (exact) mass is 300 g/mol. The van der Waals surface area contributed by atoms with Crippen molar-refractivity contribution in [3.63, 3.8) is 0 Å². The van der Waals surface area contributed by atoms with E-state index in [0.29, 0.717) is 0 Å². The quantitative estimate of drug-likeness (QED) is 0.528. The van der Waals surface area contributed by atoms with Gasteiger partial charge in [0.05, 0.1) is 0 Å². The molecule has 2 N–H and O–H groups in total. The lowest BCUT2D eigenvalue weighted by Crippen LogP contribution is -2.64. The third-order valence-corrected chi connectivity index (χ3v) is 2.11. The number of aliphatic hydroxyl groups is 2. The number of ether oxygens (including phenoxy) is 2. The fourth-order valence-corrected chi connectivity index (χ4v) is 1.06. The largest absolute Gasteiger partial charge is 0.382 e. The molecular weight excluding hydrogens is 286 g/mol. The van der Waals surface area contributed by atoms with E-state index in [1.807, 2.05) is 0 Å². The van der Waals surface area contributed by atoms with Crippen LogP contribution in [0.25, 0.3) is 0 Å². The van der Waals surface area contributed by atoms with E-state index in [4.69, 9.17) is 10.2 Å². The molecule has 0 aromatic rings. The van der Waals surface area contributed by atoms with Gasteiger partial charge >= 0.3 is 17.8 Å². The van der Waals surface area contributed by atoms with Gasteiger partial charge in [-0.05, 0) is 13.8 Å². The van der Waals surface area contributed by atoms with Crippen LogP contribution in [0.3, 0.4) is 0 Å². The first-order chi connectivity index (χ1) is 8.46. The standard InChI is InChI=1S/C9H14F6O4/c1-3-18-5(16)7(10,11)9(14,15)8(12,13)6(17)19-4-2/h5-6,16-17H,3-4H2,1-2H3. The minimum atomic E-state index is -6.08. The highest BCUT2D eigenvalue weighted by molar-refractivity contribution is 4.99. The van der Waals surface area contributed by atoms with Crippen molar-refractivity contribution in [1.82, 2.24) is 0 Å². The van der Waals surface area contributed by atoms with Crippen LogP contribution in [-0.2, 0) is 9.47 Å². The molecule has 0 aliphatic carbocycles. The number of hydrogen-bond donors (Lipinski definition) is 2. The Bertz CT molecular complexity index is 260. The highest BCUT2D eigenvalue weighted by atomic mass is 19.3. The first kappa shape index (κ1) is 18.4. The van der Waals surface area contributed by atoms with Gasteiger partial charge in [0.2, 0.25) is 12.6 Å². The summed E-state index contributed by atoms with van der Waals surface area (Å²) < 4.78 is 86.3. The van der Waals surface area contributed by atoms with Crippen LogP contribution in [0.5, 0.6) is 0 Å². The van der Waals surface area contributed by atoms with Gasteiger partial charge in [-0.2, -0.15) is 26.3 Å². The molecule has 19 heavy (non-hydrogen) atoms. The average molecular weight is 300 g/mol. The Kier molecular flexibility index (Phi) is 6.06. The van der Waals surface area contributed by atoms with Crippen molar-refractivity contribution in [1.29, 1.82) is 0 Å². The molecule has 0 saturated heterocycles. The maximum absolute atomic E-state index is 13.1. The van der Waals surface area contributed by atoms with Crippen molar-refractivity contribution in [3.05, 3.63) is 0 Å². The van der Waals surface area contributed by atoms with E-state index >= 15 is 0 Å². The summed E-state index contributed by atoms with van der Waals surface area (Å²) in [5.74, 6) is -17.3. The Hall–Kier alpha value is -0.580. The lowest BCUT2D eigenvalue weighted by Gasteiger charge is -2.36. The van der Waals surface area contributed by atoms with Crippen molar-refractivity contribution in [2.75, 3.05) is 13.2 Å². The predicted octanol–water partition coefficient (Wildman–Crippen LogP) is 1.60. The summed E-state index contributed by atoms with van der Waals surface area (Å²) in [6.45, 7) is 0.966. The van der Waals surface area contributed by atoms with Gasteiger partial charge < -0.3 is 19.7 Å².